The van der Waals surface area contributed by atoms with Gasteiger partial charge in [-0.25, -0.2) is 4.79 Å². The second kappa shape index (κ2) is 6.80. The molecule has 4 heteroatoms. The summed E-state index contributed by atoms with van der Waals surface area (Å²) in [5.74, 6) is 0.745. The van der Waals surface area contributed by atoms with Crippen LogP contribution in [0.5, 0.6) is 0 Å². The summed E-state index contributed by atoms with van der Waals surface area (Å²) < 4.78 is 5.14. The molecule has 0 aliphatic carbocycles. The smallest absolute Gasteiger partial charge is 0.315 e. The number of furan rings is 1. The standard InChI is InChI=1S/C16H20N2O2/c1-12-5-6-14(13(2)10-12)7-8-17-16(19)18-11-15-4-3-9-20-15/h3-6,9-10H,7-8,11H2,1-2H3,(H2,17,18,19). The number of nitrogens with one attached hydrogen (secondary N) is 2. The Balaban J connectivity index is 1.71. The van der Waals surface area contributed by atoms with Crippen LogP contribution in [0, 0.1) is 13.8 Å². The lowest BCUT2D eigenvalue weighted by Gasteiger charge is -2.09. The van der Waals surface area contributed by atoms with Crippen LogP contribution < -0.4 is 10.6 Å². The molecule has 0 spiro atoms. The minimum Gasteiger partial charge on any atom is -0.467 e. The third-order valence-corrected chi connectivity index (χ3v) is 3.18. The van der Waals surface area contributed by atoms with Gasteiger partial charge >= 0.3 is 6.03 Å². The molecule has 0 unspecified atom stereocenters. The number of urea groups is 1. The van der Waals surface area contributed by atoms with Gasteiger partial charge in [0, 0.05) is 6.54 Å². The van der Waals surface area contributed by atoms with Gasteiger partial charge in [-0.15, -0.1) is 0 Å². The predicted octanol–water partition coefficient (Wildman–Crippen LogP) is 2.94. The van der Waals surface area contributed by atoms with Gasteiger partial charge < -0.3 is 15.1 Å². The summed E-state index contributed by atoms with van der Waals surface area (Å²) in [5.41, 5.74) is 3.79. The van der Waals surface area contributed by atoms with Gasteiger partial charge in [0.05, 0.1) is 12.8 Å². The molecule has 0 radical (unpaired) electrons. The van der Waals surface area contributed by atoms with E-state index < -0.39 is 0 Å². The minimum atomic E-state index is -0.175. The Kier molecular flexibility index (Phi) is 4.82. The van der Waals surface area contributed by atoms with E-state index in [0.717, 1.165) is 12.2 Å². The van der Waals surface area contributed by atoms with Crippen LogP contribution in [0.25, 0.3) is 0 Å². The van der Waals surface area contributed by atoms with Crippen molar-refractivity contribution in [3.05, 3.63) is 59.0 Å². The van der Waals surface area contributed by atoms with Gasteiger partial charge in [-0.2, -0.15) is 0 Å². The van der Waals surface area contributed by atoms with E-state index in [0.29, 0.717) is 13.1 Å². The number of rotatable bonds is 5. The van der Waals surface area contributed by atoms with Crippen LogP contribution in [0.15, 0.2) is 41.0 Å². The van der Waals surface area contributed by atoms with Crippen molar-refractivity contribution in [2.24, 2.45) is 0 Å². The molecule has 1 aromatic carbocycles. The van der Waals surface area contributed by atoms with Crippen LogP contribution >= 0.6 is 0 Å². The average Bonchev–Trinajstić information content (AvgIpc) is 2.92. The fourth-order valence-corrected chi connectivity index (χ4v) is 2.08. The molecule has 0 aliphatic rings. The zero-order chi connectivity index (χ0) is 14.4. The Morgan fingerprint density at radius 2 is 2.05 bits per heavy atom. The molecule has 0 saturated carbocycles. The minimum absolute atomic E-state index is 0.175. The van der Waals surface area contributed by atoms with Crippen molar-refractivity contribution in [2.75, 3.05) is 6.54 Å². The molecule has 2 rings (SSSR count). The number of carbonyl (C=O) groups is 1. The summed E-state index contributed by atoms with van der Waals surface area (Å²) in [6, 6.07) is 9.83. The van der Waals surface area contributed by atoms with Gasteiger partial charge in [0.25, 0.3) is 0 Å². The van der Waals surface area contributed by atoms with Gasteiger partial charge in [0.1, 0.15) is 5.76 Å². The monoisotopic (exact) mass is 272 g/mol. The van der Waals surface area contributed by atoms with Crippen molar-refractivity contribution >= 4 is 6.03 Å². The summed E-state index contributed by atoms with van der Waals surface area (Å²) >= 11 is 0. The first-order chi connectivity index (χ1) is 9.65. The summed E-state index contributed by atoms with van der Waals surface area (Å²) in [5, 5.41) is 5.59. The summed E-state index contributed by atoms with van der Waals surface area (Å²) in [6.45, 7) is 5.20. The van der Waals surface area contributed by atoms with Gasteiger partial charge in [-0.1, -0.05) is 23.8 Å². The molecule has 4 nitrogen and oxygen atoms in total. The Morgan fingerprint density at radius 1 is 1.20 bits per heavy atom. The SMILES string of the molecule is Cc1ccc(CCNC(=O)NCc2ccco2)c(C)c1. The molecule has 0 aliphatic heterocycles. The molecule has 1 aromatic heterocycles. The summed E-state index contributed by atoms with van der Waals surface area (Å²) in [7, 11) is 0. The maximum absolute atomic E-state index is 11.6. The molecule has 2 N–H and O–H groups in total. The second-order valence-corrected chi connectivity index (χ2v) is 4.87. The normalized spacial score (nSPS) is 10.3. The van der Waals surface area contributed by atoms with Crippen LogP contribution in [0.3, 0.4) is 0 Å². The van der Waals surface area contributed by atoms with Gasteiger partial charge in [-0.05, 0) is 43.5 Å². The highest BCUT2D eigenvalue weighted by Gasteiger charge is 2.03. The molecule has 0 saturated heterocycles. The van der Waals surface area contributed by atoms with Crippen molar-refractivity contribution < 1.29 is 9.21 Å². The lowest BCUT2D eigenvalue weighted by atomic mass is 10.0. The average molecular weight is 272 g/mol. The number of aryl methyl sites for hydroxylation is 2. The quantitative estimate of drug-likeness (QED) is 0.879. The Hall–Kier alpha value is -2.23. The Bertz CT molecular complexity index is 562. The molecule has 2 amide bonds. The molecule has 20 heavy (non-hydrogen) atoms. The summed E-state index contributed by atoms with van der Waals surface area (Å²) in [4.78, 5) is 11.6. The van der Waals surface area contributed by atoms with Crippen LogP contribution in [0.1, 0.15) is 22.5 Å². The van der Waals surface area contributed by atoms with Crippen LogP contribution in [0.2, 0.25) is 0 Å². The lowest BCUT2D eigenvalue weighted by molar-refractivity contribution is 0.239. The number of hydrogen-bond donors (Lipinski definition) is 2. The molecule has 2 aromatic rings. The molecular weight excluding hydrogens is 252 g/mol. The maximum Gasteiger partial charge on any atom is 0.315 e. The first kappa shape index (κ1) is 14.2. The van der Waals surface area contributed by atoms with E-state index in [1.54, 1.807) is 12.3 Å². The molecule has 0 atom stereocenters. The van der Waals surface area contributed by atoms with E-state index in [1.807, 2.05) is 6.07 Å². The zero-order valence-corrected chi connectivity index (χ0v) is 11.9. The lowest BCUT2D eigenvalue weighted by Crippen LogP contribution is -2.36. The van der Waals surface area contributed by atoms with Crippen molar-refractivity contribution in [3.8, 4) is 0 Å². The van der Waals surface area contributed by atoms with Crippen LogP contribution in [0.4, 0.5) is 4.79 Å². The molecule has 106 valence electrons. The van der Waals surface area contributed by atoms with Crippen molar-refractivity contribution in [1.29, 1.82) is 0 Å². The topological polar surface area (TPSA) is 54.3 Å². The number of amides is 2. The second-order valence-electron chi connectivity index (χ2n) is 4.87. The van der Waals surface area contributed by atoms with E-state index in [4.69, 9.17) is 4.42 Å². The van der Waals surface area contributed by atoms with Gasteiger partial charge in [0.2, 0.25) is 0 Å². The summed E-state index contributed by atoms with van der Waals surface area (Å²) in [6.07, 6.45) is 2.43. The van der Waals surface area contributed by atoms with E-state index in [2.05, 4.69) is 42.7 Å². The number of benzene rings is 1. The Labute approximate surface area is 119 Å². The molecule has 1 heterocycles. The maximum atomic E-state index is 11.6. The van der Waals surface area contributed by atoms with Crippen LogP contribution in [-0.4, -0.2) is 12.6 Å². The molecule has 0 fully saturated rings. The highest BCUT2D eigenvalue weighted by molar-refractivity contribution is 5.73. The van der Waals surface area contributed by atoms with Crippen molar-refractivity contribution in [3.63, 3.8) is 0 Å². The van der Waals surface area contributed by atoms with Gasteiger partial charge in [0.15, 0.2) is 0 Å². The highest BCUT2D eigenvalue weighted by Crippen LogP contribution is 2.10. The third kappa shape index (κ3) is 4.16. The molecular formula is C16H20N2O2. The van der Waals surface area contributed by atoms with Gasteiger partial charge in [-0.3, -0.25) is 0 Å². The third-order valence-electron chi connectivity index (χ3n) is 3.18. The first-order valence-electron chi connectivity index (χ1n) is 6.75. The fraction of sp³-hybridized carbons (Fsp3) is 0.312. The first-order valence-corrected chi connectivity index (χ1v) is 6.75. The molecule has 0 bridgehead atoms. The van der Waals surface area contributed by atoms with E-state index in [-0.39, 0.29) is 6.03 Å². The number of hydrogen-bond acceptors (Lipinski definition) is 2. The zero-order valence-electron chi connectivity index (χ0n) is 11.9. The van der Waals surface area contributed by atoms with E-state index in [1.165, 1.54) is 16.7 Å². The predicted molar refractivity (Wildman–Crippen MR) is 78.6 cm³/mol. The largest absolute Gasteiger partial charge is 0.467 e. The van der Waals surface area contributed by atoms with E-state index in [9.17, 15) is 4.79 Å². The van der Waals surface area contributed by atoms with Crippen LogP contribution in [-0.2, 0) is 13.0 Å². The van der Waals surface area contributed by atoms with E-state index >= 15 is 0 Å². The highest BCUT2D eigenvalue weighted by atomic mass is 16.3. The number of carbonyl (C=O) groups excluding carboxylic acids is 1. The van der Waals surface area contributed by atoms with Crippen molar-refractivity contribution in [2.45, 2.75) is 26.8 Å². The Morgan fingerprint density at radius 3 is 2.75 bits per heavy atom. The van der Waals surface area contributed by atoms with Crippen molar-refractivity contribution in [1.82, 2.24) is 10.6 Å². The fourth-order valence-electron chi connectivity index (χ4n) is 2.08.